The van der Waals surface area contributed by atoms with E-state index in [0.29, 0.717) is 22.0 Å². The first-order valence-corrected chi connectivity index (χ1v) is 5.93. The fraction of sp³-hybridized carbons (Fsp3) is 0.231. The lowest BCUT2D eigenvalue weighted by Crippen LogP contribution is -1.99. The van der Waals surface area contributed by atoms with Crippen LogP contribution in [0.1, 0.15) is 16.1 Å². The number of methoxy groups -OCH3 is 1. The number of benzene rings is 1. The second kappa shape index (κ2) is 4.93. The molecule has 0 radical (unpaired) electrons. The third-order valence-electron chi connectivity index (χ3n) is 2.84. The smallest absolute Gasteiger partial charge is 0.356 e. The van der Waals surface area contributed by atoms with E-state index in [0.717, 1.165) is 5.56 Å². The minimum atomic E-state index is -1.07. The first-order valence-electron chi connectivity index (χ1n) is 5.56. The summed E-state index contributed by atoms with van der Waals surface area (Å²) in [4.78, 5) is 10.9. The number of aromatic nitrogens is 2. The Morgan fingerprint density at radius 1 is 1.42 bits per heavy atom. The van der Waals surface area contributed by atoms with Crippen LogP contribution < -0.4 is 4.74 Å². The van der Waals surface area contributed by atoms with Gasteiger partial charge in [0.1, 0.15) is 5.75 Å². The second-order valence-corrected chi connectivity index (χ2v) is 4.53. The number of aromatic carboxylic acids is 1. The molecule has 0 aliphatic rings. The molecule has 1 heterocycles. The number of carboxylic acids is 1. The predicted octanol–water partition coefficient (Wildman–Crippen LogP) is 2.76. The van der Waals surface area contributed by atoms with Crippen molar-refractivity contribution < 1.29 is 14.6 Å². The lowest BCUT2D eigenvalue weighted by Gasteiger charge is -2.10. The maximum atomic E-state index is 10.9. The first-order chi connectivity index (χ1) is 8.93. The fourth-order valence-corrected chi connectivity index (χ4v) is 2.07. The fourth-order valence-electron chi connectivity index (χ4n) is 1.86. The van der Waals surface area contributed by atoms with Gasteiger partial charge < -0.3 is 9.84 Å². The van der Waals surface area contributed by atoms with E-state index in [1.165, 1.54) is 10.7 Å². The van der Waals surface area contributed by atoms with E-state index in [4.69, 9.17) is 21.4 Å². The van der Waals surface area contributed by atoms with Gasteiger partial charge in [-0.15, -0.1) is 0 Å². The van der Waals surface area contributed by atoms with Gasteiger partial charge in [-0.25, -0.2) is 4.79 Å². The van der Waals surface area contributed by atoms with Gasteiger partial charge >= 0.3 is 5.97 Å². The highest BCUT2D eigenvalue weighted by atomic mass is 35.5. The molecule has 2 aromatic rings. The van der Waals surface area contributed by atoms with Crippen molar-refractivity contribution in [2.75, 3.05) is 7.11 Å². The normalized spacial score (nSPS) is 10.5. The highest BCUT2D eigenvalue weighted by Crippen LogP contribution is 2.34. The lowest BCUT2D eigenvalue weighted by molar-refractivity contribution is 0.0689. The summed E-state index contributed by atoms with van der Waals surface area (Å²) in [6.07, 6.45) is 0. The number of ether oxygens (including phenoxy) is 1. The minimum Gasteiger partial charge on any atom is -0.497 e. The summed E-state index contributed by atoms with van der Waals surface area (Å²) in [6.45, 7) is 1.86. The average molecular weight is 281 g/mol. The Morgan fingerprint density at radius 3 is 2.63 bits per heavy atom. The molecule has 0 fully saturated rings. The van der Waals surface area contributed by atoms with Crippen LogP contribution in [0.5, 0.6) is 5.75 Å². The number of nitrogens with zero attached hydrogens (tertiary/aromatic N) is 2. The van der Waals surface area contributed by atoms with Crippen LogP contribution >= 0.6 is 11.6 Å². The Bertz CT molecular complexity index is 650. The van der Waals surface area contributed by atoms with Crippen LogP contribution in [0, 0.1) is 6.92 Å². The molecule has 0 atom stereocenters. The number of aryl methyl sites for hydroxylation is 2. The van der Waals surface area contributed by atoms with Crippen molar-refractivity contribution >= 4 is 17.6 Å². The first kappa shape index (κ1) is 13.4. The Morgan fingerprint density at radius 2 is 2.11 bits per heavy atom. The molecule has 0 unspecified atom stereocenters. The molecule has 19 heavy (non-hydrogen) atoms. The Kier molecular flexibility index (Phi) is 3.48. The molecule has 6 heteroatoms. The monoisotopic (exact) mass is 280 g/mol. The van der Waals surface area contributed by atoms with E-state index in [1.54, 1.807) is 20.2 Å². The highest BCUT2D eigenvalue weighted by molar-refractivity contribution is 6.34. The lowest BCUT2D eigenvalue weighted by atomic mass is 10.1. The number of hydrogen-bond acceptors (Lipinski definition) is 3. The number of halogens is 1. The maximum Gasteiger partial charge on any atom is 0.356 e. The molecule has 0 aliphatic carbocycles. The largest absolute Gasteiger partial charge is 0.497 e. The van der Waals surface area contributed by atoms with E-state index in [2.05, 4.69) is 5.10 Å². The molecule has 5 nitrogen and oxygen atoms in total. The van der Waals surface area contributed by atoms with Gasteiger partial charge in [0.25, 0.3) is 0 Å². The van der Waals surface area contributed by atoms with E-state index in [1.807, 2.05) is 13.0 Å². The summed E-state index contributed by atoms with van der Waals surface area (Å²) in [5.41, 5.74) is 2.16. The third-order valence-corrected chi connectivity index (χ3v) is 3.34. The number of rotatable bonds is 3. The standard InChI is InChI=1S/C13H13ClN2O3/c1-7-4-8(19-3)5-9(12(7)14)11-6-10(13(17)18)15-16(11)2/h4-6H,1-3H3,(H,17,18). The van der Waals surface area contributed by atoms with Gasteiger partial charge in [-0.1, -0.05) is 11.6 Å². The number of carboxylic acid groups (broad SMARTS) is 1. The zero-order valence-electron chi connectivity index (χ0n) is 10.8. The molecule has 0 spiro atoms. The SMILES string of the molecule is COc1cc(C)c(Cl)c(-c2cc(C(=O)O)nn2C)c1. The quantitative estimate of drug-likeness (QED) is 0.939. The van der Waals surface area contributed by atoms with Crippen molar-refractivity contribution in [1.82, 2.24) is 9.78 Å². The number of carbonyl (C=O) groups is 1. The third kappa shape index (κ3) is 2.42. The van der Waals surface area contributed by atoms with E-state index < -0.39 is 5.97 Å². The second-order valence-electron chi connectivity index (χ2n) is 4.15. The van der Waals surface area contributed by atoms with Gasteiger partial charge in [-0.3, -0.25) is 4.68 Å². The van der Waals surface area contributed by atoms with Crippen molar-refractivity contribution in [1.29, 1.82) is 0 Å². The number of hydrogen-bond donors (Lipinski definition) is 1. The van der Waals surface area contributed by atoms with Crippen molar-refractivity contribution in [3.63, 3.8) is 0 Å². The van der Waals surface area contributed by atoms with Crippen molar-refractivity contribution in [3.8, 4) is 17.0 Å². The molecule has 1 aromatic heterocycles. The Hall–Kier alpha value is -2.01. The zero-order chi connectivity index (χ0) is 14.2. The minimum absolute atomic E-state index is 0.0194. The molecule has 2 rings (SSSR count). The summed E-state index contributed by atoms with van der Waals surface area (Å²) in [5, 5.41) is 13.4. The molecule has 1 N–H and O–H groups in total. The molecule has 100 valence electrons. The van der Waals surface area contributed by atoms with Crippen LogP contribution in [0.15, 0.2) is 18.2 Å². The van der Waals surface area contributed by atoms with Crippen molar-refractivity contribution in [2.45, 2.75) is 6.92 Å². The Balaban J connectivity index is 2.64. The van der Waals surface area contributed by atoms with Crippen LogP contribution in [0.2, 0.25) is 5.02 Å². The molecule has 0 saturated heterocycles. The summed E-state index contributed by atoms with van der Waals surface area (Å²) in [7, 11) is 3.24. The van der Waals surface area contributed by atoms with Crippen molar-refractivity contribution in [3.05, 3.63) is 34.5 Å². The summed E-state index contributed by atoms with van der Waals surface area (Å²) in [6, 6.07) is 5.07. The summed E-state index contributed by atoms with van der Waals surface area (Å²) in [5.74, 6) is -0.410. The van der Waals surface area contributed by atoms with Crippen LogP contribution in [0.4, 0.5) is 0 Å². The van der Waals surface area contributed by atoms with Crippen molar-refractivity contribution in [2.24, 2.45) is 7.05 Å². The van der Waals surface area contributed by atoms with Gasteiger partial charge in [-0.2, -0.15) is 5.10 Å². The van der Waals surface area contributed by atoms with Gasteiger partial charge in [0.15, 0.2) is 5.69 Å². The van der Waals surface area contributed by atoms with Crippen LogP contribution in [-0.4, -0.2) is 28.0 Å². The summed E-state index contributed by atoms with van der Waals surface area (Å²) < 4.78 is 6.69. The molecule has 1 aromatic carbocycles. The van der Waals surface area contributed by atoms with Gasteiger partial charge in [0.05, 0.1) is 17.8 Å². The maximum absolute atomic E-state index is 10.9. The molecular weight excluding hydrogens is 268 g/mol. The predicted molar refractivity (Wildman–Crippen MR) is 71.9 cm³/mol. The van der Waals surface area contributed by atoms with Gasteiger partial charge in [0.2, 0.25) is 0 Å². The topological polar surface area (TPSA) is 64.3 Å². The molecule has 0 amide bonds. The van der Waals surface area contributed by atoms with Gasteiger partial charge in [-0.05, 0) is 30.7 Å². The van der Waals surface area contributed by atoms with Crippen LogP contribution in [0.25, 0.3) is 11.3 Å². The molecule has 0 bridgehead atoms. The van der Waals surface area contributed by atoms with Crippen LogP contribution in [0.3, 0.4) is 0 Å². The molecule has 0 saturated carbocycles. The average Bonchev–Trinajstić information content (AvgIpc) is 2.75. The van der Waals surface area contributed by atoms with E-state index in [-0.39, 0.29) is 5.69 Å². The van der Waals surface area contributed by atoms with E-state index >= 15 is 0 Å². The Labute approximate surface area is 115 Å². The zero-order valence-corrected chi connectivity index (χ0v) is 11.5. The highest BCUT2D eigenvalue weighted by Gasteiger charge is 2.16. The van der Waals surface area contributed by atoms with Gasteiger partial charge in [0, 0.05) is 12.6 Å². The molecular formula is C13H13ClN2O3. The van der Waals surface area contributed by atoms with Crippen LogP contribution in [-0.2, 0) is 7.05 Å². The van der Waals surface area contributed by atoms with E-state index in [9.17, 15) is 4.79 Å². The molecule has 0 aliphatic heterocycles. The summed E-state index contributed by atoms with van der Waals surface area (Å²) >= 11 is 6.27.